The average molecular weight is 305 g/mol. The summed E-state index contributed by atoms with van der Waals surface area (Å²) in [7, 11) is 2.06. The van der Waals surface area contributed by atoms with Crippen LogP contribution in [0.15, 0.2) is 16.5 Å². The Morgan fingerprint density at radius 3 is 2.64 bits per heavy atom. The zero-order valence-corrected chi connectivity index (χ0v) is 13.2. The van der Waals surface area contributed by atoms with E-state index in [1.807, 2.05) is 24.0 Å². The smallest absolute Gasteiger partial charge is 0.245 e. The molecule has 3 rings (SSSR count). The van der Waals surface area contributed by atoms with Gasteiger partial charge in [-0.15, -0.1) is 0 Å². The van der Waals surface area contributed by atoms with Gasteiger partial charge in [-0.3, -0.25) is 9.59 Å². The predicted octanol–water partition coefficient (Wildman–Crippen LogP) is 0.853. The van der Waals surface area contributed by atoms with Crippen molar-refractivity contribution >= 4 is 11.8 Å². The van der Waals surface area contributed by atoms with Crippen LogP contribution in [0.3, 0.4) is 0 Å². The minimum Gasteiger partial charge on any atom is -0.464 e. The van der Waals surface area contributed by atoms with E-state index in [9.17, 15) is 9.59 Å². The molecule has 0 spiro atoms. The van der Waals surface area contributed by atoms with E-state index < -0.39 is 0 Å². The van der Waals surface area contributed by atoms with Gasteiger partial charge >= 0.3 is 0 Å². The average Bonchev–Trinajstić information content (AvgIpc) is 3.07. The fraction of sp³-hybridized carbons (Fsp3) is 0.625. The minimum absolute atomic E-state index is 0.0431. The number of aryl methyl sites for hydroxylation is 1. The first-order valence-corrected chi connectivity index (χ1v) is 7.86. The van der Waals surface area contributed by atoms with Crippen LogP contribution in [0, 0.1) is 6.92 Å². The van der Waals surface area contributed by atoms with E-state index >= 15 is 0 Å². The monoisotopic (exact) mass is 305 g/mol. The molecule has 1 aromatic heterocycles. The highest BCUT2D eigenvalue weighted by Crippen LogP contribution is 2.24. The lowest BCUT2D eigenvalue weighted by Gasteiger charge is -2.35. The number of likely N-dealkylation sites (tertiary alicyclic amines) is 1. The van der Waals surface area contributed by atoms with Crippen LogP contribution < -0.4 is 0 Å². The quantitative estimate of drug-likeness (QED) is 0.831. The number of amides is 2. The molecular weight excluding hydrogens is 282 g/mol. The number of nitrogens with zero attached hydrogens (tertiary/aromatic N) is 3. The summed E-state index contributed by atoms with van der Waals surface area (Å²) in [6.45, 7) is 5.54. The first-order valence-electron chi connectivity index (χ1n) is 7.86. The molecule has 22 heavy (non-hydrogen) atoms. The molecular formula is C16H23N3O3. The molecule has 0 bridgehead atoms. The highest BCUT2D eigenvalue weighted by molar-refractivity contribution is 5.91. The Balaban J connectivity index is 1.68. The van der Waals surface area contributed by atoms with Crippen molar-refractivity contribution in [2.75, 3.05) is 33.2 Å². The lowest BCUT2D eigenvalue weighted by Crippen LogP contribution is -2.53. The lowest BCUT2D eigenvalue weighted by molar-refractivity contribution is -0.143. The van der Waals surface area contributed by atoms with Gasteiger partial charge in [0.1, 0.15) is 17.6 Å². The van der Waals surface area contributed by atoms with Gasteiger partial charge in [0, 0.05) is 32.6 Å². The molecule has 2 aliphatic heterocycles. The first-order chi connectivity index (χ1) is 10.5. The maximum absolute atomic E-state index is 12.7. The fourth-order valence-corrected chi connectivity index (χ4v) is 3.16. The molecule has 2 amide bonds. The molecule has 1 aromatic rings. The summed E-state index contributed by atoms with van der Waals surface area (Å²) in [5, 5.41) is 0. The number of carbonyl (C=O) groups excluding carboxylic acids is 2. The molecule has 2 fully saturated rings. The van der Waals surface area contributed by atoms with E-state index in [1.165, 1.54) is 0 Å². The highest BCUT2D eigenvalue weighted by Gasteiger charge is 2.39. The normalized spacial score (nSPS) is 23.4. The van der Waals surface area contributed by atoms with E-state index in [0.29, 0.717) is 19.4 Å². The molecule has 1 unspecified atom stereocenters. The Morgan fingerprint density at radius 2 is 2.00 bits per heavy atom. The van der Waals surface area contributed by atoms with Crippen LogP contribution in [0.4, 0.5) is 0 Å². The second-order valence-corrected chi connectivity index (χ2v) is 6.22. The van der Waals surface area contributed by atoms with Crippen molar-refractivity contribution < 1.29 is 14.0 Å². The second-order valence-electron chi connectivity index (χ2n) is 6.22. The third-order valence-corrected chi connectivity index (χ3v) is 4.55. The second kappa shape index (κ2) is 6.12. The van der Waals surface area contributed by atoms with Gasteiger partial charge < -0.3 is 19.1 Å². The van der Waals surface area contributed by atoms with E-state index in [1.54, 1.807) is 4.90 Å². The third-order valence-electron chi connectivity index (χ3n) is 4.55. The van der Waals surface area contributed by atoms with Crippen molar-refractivity contribution in [1.82, 2.24) is 14.7 Å². The largest absolute Gasteiger partial charge is 0.464 e. The lowest BCUT2D eigenvalue weighted by atomic mass is 10.1. The predicted molar refractivity (Wildman–Crippen MR) is 81.1 cm³/mol. The van der Waals surface area contributed by atoms with E-state index in [-0.39, 0.29) is 17.9 Å². The number of furan rings is 1. The van der Waals surface area contributed by atoms with Crippen molar-refractivity contribution in [3.63, 3.8) is 0 Å². The Kier molecular flexibility index (Phi) is 4.20. The van der Waals surface area contributed by atoms with Gasteiger partial charge in [-0.05, 0) is 32.5 Å². The van der Waals surface area contributed by atoms with Gasteiger partial charge in [-0.25, -0.2) is 0 Å². The summed E-state index contributed by atoms with van der Waals surface area (Å²) in [6, 6.07) is 3.42. The fourth-order valence-electron chi connectivity index (χ4n) is 3.16. The Bertz CT molecular complexity index is 561. The van der Waals surface area contributed by atoms with Gasteiger partial charge in [0.05, 0.1) is 6.54 Å². The molecule has 0 saturated carbocycles. The minimum atomic E-state index is -0.332. The summed E-state index contributed by atoms with van der Waals surface area (Å²) in [5.41, 5.74) is 0. The molecule has 3 heterocycles. The molecule has 0 aliphatic carbocycles. The van der Waals surface area contributed by atoms with Crippen LogP contribution >= 0.6 is 0 Å². The van der Waals surface area contributed by atoms with Crippen LogP contribution in [-0.4, -0.2) is 65.8 Å². The topological polar surface area (TPSA) is 57.0 Å². The van der Waals surface area contributed by atoms with Gasteiger partial charge in [0.15, 0.2) is 0 Å². The molecule has 0 radical (unpaired) electrons. The summed E-state index contributed by atoms with van der Waals surface area (Å²) in [6.07, 6.45) is 1.06. The van der Waals surface area contributed by atoms with E-state index in [4.69, 9.17) is 4.42 Å². The summed E-state index contributed by atoms with van der Waals surface area (Å²) in [5.74, 6) is 1.69. The number of piperazine rings is 1. The molecule has 6 heteroatoms. The zero-order valence-electron chi connectivity index (χ0n) is 13.2. The van der Waals surface area contributed by atoms with E-state index in [2.05, 4.69) is 11.9 Å². The molecule has 6 nitrogen and oxygen atoms in total. The van der Waals surface area contributed by atoms with Crippen molar-refractivity contribution in [2.24, 2.45) is 0 Å². The van der Waals surface area contributed by atoms with Gasteiger partial charge in [0.25, 0.3) is 0 Å². The molecule has 120 valence electrons. The van der Waals surface area contributed by atoms with Crippen LogP contribution in [0.25, 0.3) is 0 Å². The van der Waals surface area contributed by atoms with Crippen LogP contribution in [0.1, 0.15) is 24.4 Å². The van der Waals surface area contributed by atoms with Crippen molar-refractivity contribution in [2.45, 2.75) is 32.4 Å². The molecule has 0 aromatic carbocycles. The maximum atomic E-state index is 12.7. The highest BCUT2D eigenvalue weighted by atomic mass is 16.3. The zero-order chi connectivity index (χ0) is 15.7. The van der Waals surface area contributed by atoms with Crippen LogP contribution in [0.2, 0.25) is 0 Å². The summed E-state index contributed by atoms with van der Waals surface area (Å²) in [4.78, 5) is 30.7. The SMILES string of the molecule is Cc1ccc(CN2C(=O)CCC2C(=O)N2CCN(C)CC2)o1. The van der Waals surface area contributed by atoms with Crippen LogP contribution in [0.5, 0.6) is 0 Å². The number of carbonyl (C=O) groups is 2. The van der Waals surface area contributed by atoms with Gasteiger partial charge in [-0.2, -0.15) is 0 Å². The van der Waals surface area contributed by atoms with Crippen molar-refractivity contribution in [1.29, 1.82) is 0 Å². The third kappa shape index (κ3) is 3.02. The number of hydrogen-bond donors (Lipinski definition) is 0. The number of hydrogen-bond acceptors (Lipinski definition) is 4. The van der Waals surface area contributed by atoms with Crippen molar-refractivity contribution in [3.05, 3.63) is 23.7 Å². The van der Waals surface area contributed by atoms with E-state index in [0.717, 1.165) is 37.7 Å². The standard InChI is InChI=1S/C16H23N3O3/c1-12-3-4-13(22-12)11-19-14(5-6-15(19)20)16(21)18-9-7-17(2)8-10-18/h3-4,14H,5-11H2,1-2H3. The Morgan fingerprint density at radius 1 is 1.27 bits per heavy atom. The van der Waals surface area contributed by atoms with Crippen LogP contribution in [-0.2, 0) is 16.1 Å². The Hall–Kier alpha value is -1.82. The molecule has 0 N–H and O–H groups in total. The molecule has 1 atom stereocenters. The first kappa shape index (κ1) is 15.1. The number of rotatable bonds is 3. The van der Waals surface area contributed by atoms with Crippen molar-refractivity contribution in [3.8, 4) is 0 Å². The molecule has 2 aliphatic rings. The summed E-state index contributed by atoms with van der Waals surface area (Å²) >= 11 is 0. The van der Waals surface area contributed by atoms with Gasteiger partial charge in [0.2, 0.25) is 11.8 Å². The maximum Gasteiger partial charge on any atom is 0.245 e. The summed E-state index contributed by atoms with van der Waals surface area (Å²) < 4.78 is 5.56. The number of likely N-dealkylation sites (N-methyl/N-ethyl adjacent to an activating group) is 1. The Labute approximate surface area is 130 Å². The molecule has 2 saturated heterocycles. The van der Waals surface area contributed by atoms with Gasteiger partial charge in [-0.1, -0.05) is 0 Å².